The zero-order chi connectivity index (χ0) is 14.2. The van der Waals surface area contributed by atoms with Crippen molar-refractivity contribution in [1.82, 2.24) is 9.13 Å². The van der Waals surface area contributed by atoms with Crippen molar-refractivity contribution < 1.29 is 4.74 Å². The van der Waals surface area contributed by atoms with Gasteiger partial charge in [0.1, 0.15) is 6.23 Å². The van der Waals surface area contributed by atoms with Crippen LogP contribution in [0.5, 0.6) is 0 Å². The Morgan fingerprint density at radius 1 is 1.53 bits per heavy atom. The maximum absolute atomic E-state index is 12.1. The van der Waals surface area contributed by atoms with Gasteiger partial charge in [-0.3, -0.25) is 13.9 Å². The number of nitrogens with zero attached hydrogens (tertiary/aromatic N) is 2. The van der Waals surface area contributed by atoms with Gasteiger partial charge in [0.25, 0.3) is 5.56 Å². The molecule has 0 N–H and O–H groups in total. The van der Waals surface area contributed by atoms with Gasteiger partial charge in [-0.2, -0.15) is 0 Å². The fourth-order valence-electron chi connectivity index (χ4n) is 2.28. The van der Waals surface area contributed by atoms with E-state index in [9.17, 15) is 9.59 Å². The highest BCUT2D eigenvalue weighted by Gasteiger charge is 2.30. The summed E-state index contributed by atoms with van der Waals surface area (Å²) in [6.07, 6.45) is 4.08. The summed E-state index contributed by atoms with van der Waals surface area (Å²) in [7, 11) is 1.47. The second-order valence-electron chi connectivity index (χ2n) is 4.83. The normalized spacial score (nSPS) is 22.7. The molecular weight excluding hydrogens is 244 g/mol. The molecule has 5 heteroatoms. The zero-order valence-corrected chi connectivity index (χ0v) is 11.3. The molecule has 0 amide bonds. The highest BCUT2D eigenvalue weighted by Crippen LogP contribution is 2.32. The maximum Gasteiger partial charge on any atom is 0.332 e. The molecule has 2 atom stereocenters. The summed E-state index contributed by atoms with van der Waals surface area (Å²) < 4.78 is 8.37. The highest BCUT2D eigenvalue weighted by molar-refractivity contribution is 5.11. The first kappa shape index (κ1) is 13.5. The van der Waals surface area contributed by atoms with Crippen LogP contribution >= 0.6 is 0 Å². The van der Waals surface area contributed by atoms with Crippen LogP contribution in [0.25, 0.3) is 0 Å². The van der Waals surface area contributed by atoms with E-state index in [4.69, 9.17) is 4.74 Å². The molecule has 2 heterocycles. The zero-order valence-electron chi connectivity index (χ0n) is 11.3. The number of ether oxygens (including phenoxy) is 1. The lowest BCUT2D eigenvalue weighted by Gasteiger charge is -2.16. The minimum atomic E-state index is -0.393. The van der Waals surface area contributed by atoms with Gasteiger partial charge in [0.2, 0.25) is 0 Å². The van der Waals surface area contributed by atoms with Gasteiger partial charge in [0.05, 0.1) is 6.10 Å². The molecule has 1 aromatic rings. The SMILES string of the molecule is C=CCC1OC(n2cc(C)c(=O)n(C)c2=O)CC1=C. The first-order valence-corrected chi connectivity index (χ1v) is 6.18. The Kier molecular flexibility index (Phi) is 3.57. The van der Waals surface area contributed by atoms with E-state index >= 15 is 0 Å². The van der Waals surface area contributed by atoms with Gasteiger partial charge in [0, 0.05) is 25.2 Å². The quantitative estimate of drug-likeness (QED) is 0.771. The smallest absolute Gasteiger partial charge is 0.332 e. The maximum atomic E-state index is 12.1. The first-order chi connectivity index (χ1) is 8.95. The van der Waals surface area contributed by atoms with Crippen molar-refractivity contribution in [2.24, 2.45) is 7.05 Å². The van der Waals surface area contributed by atoms with E-state index in [1.807, 2.05) is 0 Å². The highest BCUT2D eigenvalue weighted by atomic mass is 16.5. The molecule has 2 unspecified atom stereocenters. The monoisotopic (exact) mass is 262 g/mol. The van der Waals surface area contributed by atoms with Crippen molar-refractivity contribution in [3.05, 3.63) is 57.4 Å². The van der Waals surface area contributed by atoms with Crippen molar-refractivity contribution in [3.8, 4) is 0 Å². The van der Waals surface area contributed by atoms with E-state index < -0.39 is 6.23 Å². The van der Waals surface area contributed by atoms with Gasteiger partial charge in [0.15, 0.2) is 0 Å². The van der Waals surface area contributed by atoms with Crippen LogP contribution in [0.15, 0.2) is 40.6 Å². The molecule has 0 saturated carbocycles. The molecule has 1 saturated heterocycles. The number of rotatable bonds is 3. The molecule has 1 aromatic heterocycles. The van der Waals surface area contributed by atoms with Crippen molar-refractivity contribution in [2.75, 3.05) is 0 Å². The Morgan fingerprint density at radius 2 is 2.21 bits per heavy atom. The van der Waals surface area contributed by atoms with Gasteiger partial charge in [-0.25, -0.2) is 4.79 Å². The molecule has 0 aromatic carbocycles. The van der Waals surface area contributed by atoms with Gasteiger partial charge in [-0.05, 0) is 18.9 Å². The van der Waals surface area contributed by atoms with Crippen LogP contribution in [-0.2, 0) is 11.8 Å². The molecule has 19 heavy (non-hydrogen) atoms. The molecule has 102 valence electrons. The van der Waals surface area contributed by atoms with Crippen LogP contribution in [0.3, 0.4) is 0 Å². The van der Waals surface area contributed by atoms with E-state index in [0.717, 1.165) is 10.1 Å². The molecule has 1 aliphatic heterocycles. The second-order valence-corrected chi connectivity index (χ2v) is 4.83. The first-order valence-electron chi connectivity index (χ1n) is 6.18. The fourth-order valence-corrected chi connectivity index (χ4v) is 2.28. The number of aryl methyl sites for hydroxylation is 1. The van der Waals surface area contributed by atoms with Gasteiger partial charge < -0.3 is 4.74 Å². The standard InChI is InChI=1S/C14H18N2O3/c1-5-6-11-9(2)7-12(19-11)16-8-10(3)13(17)15(4)14(16)18/h5,8,11-12H,1-2,6-7H2,3-4H3. The Bertz CT molecular complexity index is 639. The Labute approximate surface area is 111 Å². The third kappa shape index (κ3) is 2.33. The van der Waals surface area contributed by atoms with Gasteiger partial charge >= 0.3 is 5.69 Å². The molecule has 0 spiro atoms. The summed E-state index contributed by atoms with van der Waals surface area (Å²) in [6, 6.07) is 0. The minimum absolute atomic E-state index is 0.105. The van der Waals surface area contributed by atoms with Crippen LogP contribution in [0.4, 0.5) is 0 Å². The van der Waals surface area contributed by atoms with E-state index in [2.05, 4.69) is 13.2 Å². The summed E-state index contributed by atoms with van der Waals surface area (Å²) in [6.45, 7) is 9.33. The molecule has 0 aliphatic carbocycles. The lowest BCUT2D eigenvalue weighted by atomic mass is 10.1. The third-order valence-electron chi connectivity index (χ3n) is 3.39. The third-order valence-corrected chi connectivity index (χ3v) is 3.39. The largest absolute Gasteiger partial charge is 0.350 e. The Hall–Kier alpha value is -1.88. The predicted octanol–water partition coefficient (Wildman–Crippen LogP) is 1.28. The average molecular weight is 262 g/mol. The summed E-state index contributed by atoms with van der Waals surface area (Å²) in [5.74, 6) is 0. The Balaban J connectivity index is 2.40. The second kappa shape index (κ2) is 5.01. The number of hydrogen-bond donors (Lipinski definition) is 0. The van der Waals surface area contributed by atoms with Crippen molar-refractivity contribution in [1.29, 1.82) is 0 Å². The number of aromatic nitrogens is 2. The lowest BCUT2D eigenvalue weighted by molar-refractivity contribution is 0.00457. The summed E-state index contributed by atoms with van der Waals surface area (Å²) >= 11 is 0. The minimum Gasteiger partial charge on any atom is -0.350 e. The molecule has 0 bridgehead atoms. The van der Waals surface area contributed by atoms with E-state index in [1.165, 1.54) is 11.6 Å². The van der Waals surface area contributed by atoms with Crippen LogP contribution < -0.4 is 11.2 Å². The van der Waals surface area contributed by atoms with Crippen LogP contribution in [0.2, 0.25) is 0 Å². The summed E-state index contributed by atoms with van der Waals surface area (Å²) in [5.41, 5.74) is 0.820. The molecule has 2 rings (SSSR count). The van der Waals surface area contributed by atoms with Crippen LogP contribution in [0.1, 0.15) is 24.6 Å². The summed E-state index contributed by atoms with van der Waals surface area (Å²) in [4.78, 5) is 23.8. The average Bonchev–Trinajstić information content (AvgIpc) is 2.73. The lowest BCUT2D eigenvalue weighted by Crippen LogP contribution is -2.40. The van der Waals surface area contributed by atoms with Gasteiger partial charge in [-0.15, -0.1) is 6.58 Å². The summed E-state index contributed by atoms with van der Waals surface area (Å²) in [5, 5.41) is 0. The fraction of sp³-hybridized carbons (Fsp3) is 0.429. The van der Waals surface area contributed by atoms with Crippen molar-refractivity contribution in [2.45, 2.75) is 32.1 Å². The molecule has 0 radical (unpaired) electrons. The van der Waals surface area contributed by atoms with E-state index in [-0.39, 0.29) is 17.4 Å². The van der Waals surface area contributed by atoms with Crippen LogP contribution in [0, 0.1) is 6.92 Å². The molecule has 5 nitrogen and oxygen atoms in total. The van der Waals surface area contributed by atoms with Crippen molar-refractivity contribution in [3.63, 3.8) is 0 Å². The molecule has 1 aliphatic rings. The molecule has 1 fully saturated rings. The molecular formula is C14H18N2O3. The van der Waals surface area contributed by atoms with E-state index in [1.54, 1.807) is 19.2 Å². The van der Waals surface area contributed by atoms with E-state index in [0.29, 0.717) is 18.4 Å². The van der Waals surface area contributed by atoms with Crippen LogP contribution in [-0.4, -0.2) is 15.2 Å². The Morgan fingerprint density at radius 3 is 2.84 bits per heavy atom. The topological polar surface area (TPSA) is 53.2 Å². The predicted molar refractivity (Wildman–Crippen MR) is 73.2 cm³/mol. The van der Waals surface area contributed by atoms with Crippen molar-refractivity contribution >= 4 is 0 Å². The number of hydrogen-bond acceptors (Lipinski definition) is 3. The van der Waals surface area contributed by atoms with Gasteiger partial charge in [-0.1, -0.05) is 12.7 Å².